The third kappa shape index (κ3) is 3.83. The molecule has 1 aromatic heterocycles. The molecule has 1 heterocycles. The molecule has 3 aromatic rings. The number of aromatic nitrogens is 1. The minimum atomic E-state index is -0.445. The highest BCUT2D eigenvalue weighted by atomic mass is 35.5. The Balaban J connectivity index is 1.73. The maximum absolute atomic E-state index is 12.0. The largest absolute Gasteiger partial charge is 0.338 e. The van der Waals surface area contributed by atoms with Gasteiger partial charge in [-0.25, -0.2) is 4.79 Å². The van der Waals surface area contributed by atoms with Gasteiger partial charge in [0.05, 0.1) is 11.8 Å². The van der Waals surface area contributed by atoms with Crippen LogP contribution in [0, 0.1) is 0 Å². The molecular formula is C16H11Cl2N3O2. The summed E-state index contributed by atoms with van der Waals surface area (Å²) in [5.41, 5.74) is 2.10. The zero-order valence-electron chi connectivity index (χ0n) is 11.7. The van der Waals surface area contributed by atoms with Crippen LogP contribution in [0.3, 0.4) is 0 Å². The minimum absolute atomic E-state index is 0.249. The zero-order valence-corrected chi connectivity index (χ0v) is 13.2. The highest BCUT2D eigenvalue weighted by Gasteiger charge is 2.13. The molecule has 0 spiro atoms. The number of urea groups is 1. The average molecular weight is 348 g/mol. The lowest BCUT2D eigenvalue weighted by Gasteiger charge is -2.07. The second kappa shape index (κ2) is 6.73. The van der Waals surface area contributed by atoms with Gasteiger partial charge < -0.3 is 9.84 Å². The Morgan fingerprint density at radius 1 is 0.913 bits per heavy atom. The molecule has 0 fully saturated rings. The van der Waals surface area contributed by atoms with Gasteiger partial charge in [-0.3, -0.25) is 5.32 Å². The summed E-state index contributed by atoms with van der Waals surface area (Å²) in [5, 5.41) is 10.2. The van der Waals surface area contributed by atoms with Gasteiger partial charge in [-0.15, -0.1) is 0 Å². The Hall–Kier alpha value is -2.50. The Morgan fingerprint density at radius 3 is 2.17 bits per heavy atom. The molecule has 2 aromatic carbocycles. The van der Waals surface area contributed by atoms with Crippen molar-refractivity contribution in [3.05, 3.63) is 64.8 Å². The second-order valence-corrected chi connectivity index (χ2v) is 5.53. The third-order valence-electron chi connectivity index (χ3n) is 3.05. The van der Waals surface area contributed by atoms with E-state index in [2.05, 4.69) is 15.8 Å². The number of nitrogens with zero attached hydrogens (tertiary/aromatic N) is 1. The summed E-state index contributed by atoms with van der Waals surface area (Å²) in [6.07, 6.45) is 1.53. The van der Waals surface area contributed by atoms with Gasteiger partial charge in [0, 0.05) is 15.7 Å². The quantitative estimate of drug-likeness (QED) is 0.676. The van der Waals surface area contributed by atoms with Crippen molar-refractivity contribution in [2.45, 2.75) is 0 Å². The van der Waals surface area contributed by atoms with E-state index in [1.54, 1.807) is 36.4 Å². The predicted molar refractivity (Wildman–Crippen MR) is 91.0 cm³/mol. The molecule has 0 saturated carbocycles. The molecular weight excluding hydrogens is 337 g/mol. The van der Waals surface area contributed by atoms with E-state index in [1.165, 1.54) is 6.20 Å². The molecule has 0 aliphatic carbocycles. The fourth-order valence-electron chi connectivity index (χ4n) is 1.96. The van der Waals surface area contributed by atoms with Crippen LogP contribution in [0.15, 0.2) is 59.3 Å². The van der Waals surface area contributed by atoms with E-state index in [4.69, 9.17) is 27.7 Å². The summed E-state index contributed by atoms with van der Waals surface area (Å²) < 4.78 is 5.10. The summed E-state index contributed by atoms with van der Waals surface area (Å²) in [4.78, 5) is 12.0. The molecule has 0 radical (unpaired) electrons. The number of nitrogens with one attached hydrogen (secondary N) is 2. The first-order valence-electron chi connectivity index (χ1n) is 6.66. The monoisotopic (exact) mass is 347 g/mol. The Morgan fingerprint density at radius 2 is 1.52 bits per heavy atom. The van der Waals surface area contributed by atoms with E-state index in [0.29, 0.717) is 21.3 Å². The number of carbonyl (C=O) groups excluding carboxylic acids is 1. The van der Waals surface area contributed by atoms with Crippen LogP contribution in [-0.2, 0) is 0 Å². The molecule has 5 nitrogen and oxygen atoms in total. The molecule has 0 bridgehead atoms. The van der Waals surface area contributed by atoms with Crippen molar-refractivity contribution in [3.63, 3.8) is 0 Å². The van der Waals surface area contributed by atoms with Gasteiger partial charge in [0.2, 0.25) is 5.88 Å². The molecule has 2 amide bonds. The number of anilines is 2. The summed E-state index contributed by atoms with van der Waals surface area (Å²) in [6.45, 7) is 0. The summed E-state index contributed by atoms with van der Waals surface area (Å²) in [6, 6.07) is 13.5. The SMILES string of the molecule is O=C(Nc1ccc(Cl)cc1)Nc1oncc1-c1ccc(Cl)cc1. The predicted octanol–water partition coefficient (Wildman–Crippen LogP) is 5.29. The Bertz CT molecular complexity index is 814. The molecule has 23 heavy (non-hydrogen) atoms. The number of amides is 2. The molecule has 7 heteroatoms. The number of rotatable bonds is 3. The minimum Gasteiger partial charge on any atom is -0.338 e. The maximum atomic E-state index is 12.0. The molecule has 2 N–H and O–H groups in total. The summed E-state index contributed by atoms with van der Waals surface area (Å²) >= 11 is 11.7. The van der Waals surface area contributed by atoms with Crippen molar-refractivity contribution in [2.75, 3.05) is 10.6 Å². The van der Waals surface area contributed by atoms with Crippen LogP contribution in [-0.4, -0.2) is 11.2 Å². The van der Waals surface area contributed by atoms with E-state index in [9.17, 15) is 4.79 Å². The van der Waals surface area contributed by atoms with Crippen molar-refractivity contribution in [1.29, 1.82) is 0 Å². The number of halogens is 2. The van der Waals surface area contributed by atoms with Gasteiger partial charge in [-0.1, -0.05) is 40.5 Å². The number of hydrogen-bond donors (Lipinski definition) is 2. The molecule has 3 rings (SSSR count). The molecule has 0 atom stereocenters. The first-order valence-corrected chi connectivity index (χ1v) is 7.41. The topological polar surface area (TPSA) is 67.2 Å². The average Bonchev–Trinajstić information content (AvgIpc) is 2.98. The van der Waals surface area contributed by atoms with Crippen LogP contribution in [0.5, 0.6) is 0 Å². The number of benzene rings is 2. The van der Waals surface area contributed by atoms with Crippen LogP contribution in [0.25, 0.3) is 11.1 Å². The van der Waals surface area contributed by atoms with Gasteiger partial charge in [0.15, 0.2) is 0 Å². The van der Waals surface area contributed by atoms with Crippen molar-refractivity contribution < 1.29 is 9.32 Å². The lowest BCUT2D eigenvalue weighted by atomic mass is 10.1. The van der Waals surface area contributed by atoms with Crippen LogP contribution in [0.1, 0.15) is 0 Å². The first-order chi connectivity index (χ1) is 11.1. The summed E-state index contributed by atoms with van der Waals surface area (Å²) in [5.74, 6) is 0.249. The maximum Gasteiger partial charge on any atom is 0.326 e. The van der Waals surface area contributed by atoms with Crippen molar-refractivity contribution in [3.8, 4) is 11.1 Å². The van der Waals surface area contributed by atoms with Crippen molar-refractivity contribution >= 4 is 40.8 Å². The highest BCUT2D eigenvalue weighted by Crippen LogP contribution is 2.28. The molecule has 0 unspecified atom stereocenters. The van der Waals surface area contributed by atoms with Gasteiger partial charge in [0.1, 0.15) is 0 Å². The van der Waals surface area contributed by atoms with Gasteiger partial charge in [-0.2, -0.15) is 0 Å². The van der Waals surface area contributed by atoms with E-state index >= 15 is 0 Å². The fourth-order valence-corrected chi connectivity index (χ4v) is 2.22. The number of carbonyl (C=O) groups is 1. The van der Waals surface area contributed by atoms with Gasteiger partial charge >= 0.3 is 6.03 Å². The lowest BCUT2D eigenvalue weighted by Crippen LogP contribution is -2.19. The van der Waals surface area contributed by atoms with E-state index in [0.717, 1.165) is 5.56 Å². The van der Waals surface area contributed by atoms with Crippen LogP contribution in [0.4, 0.5) is 16.4 Å². The van der Waals surface area contributed by atoms with E-state index < -0.39 is 6.03 Å². The lowest BCUT2D eigenvalue weighted by molar-refractivity contribution is 0.261. The first kappa shape index (κ1) is 15.4. The standard InChI is InChI=1S/C16H11Cl2N3O2/c17-11-3-1-10(2-4-11)14-9-19-23-15(14)21-16(22)20-13-7-5-12(18)6-8-13/h1-9H,(H2,20,21,22). The van der Waals surface area contributed by atoms with Gasteiger partial charge in [0.25, 0.3) is 0 Å². The molecule has 116 valence electrons. The molecule has 0 aliphatic heterocycles. The normalized spacial score (nSPS) is 10.3. The fraction of sp³-hybridized carbons (Fsp3) is 0. The Labute approximate surface area is 142 Å². The second-order valence-electron chi connectivity index (χ2n) is 4.66. The molecule has 0 saturated heterocycles. The zero-order chi connectivity index (χ0) is 16.2. The smallest absolute Gasteiger partial charge is 0.326 e. The highest BCUT2D eigenvalue weighted by molar-refractivity contribution is 6.31. The van der Waals surface area contributed by atoms with Crippen molar-refractivity contribution in [2.24, 2.45) is 0 Å². The van der Waals surface area contributed by atoms with E-state index in [-0.39, 0.29) is 5.88 Å². The van der Waals surface area contributed by atoms with E-state index in [1.807, 2.05) is 12.1 Å². The van der Waals surface area contributed by atoms with Gasteiger partial charge in [-0.05, 0) is 42.0 Å². The van der Waals surface area contributed by atoms with Crippen LogP contribution >= 0.6 is 23.2 Å². The third-order valence-corrected chi connectivity index (χ3v) is 3.56. The molecule has 0 aliphatic rings. The number of hydrogen-bond acceptors (Lipinski definition) is 3. The van der Waals surface area contributed by atoms with Crippen LogP contribution < -0.4 is 10.6 Å². The van der Waals surface area contributed by atoms with Crippen LogP contribution in [0.2, 0.25) is 10.0 Å². The van der Waals surface area contributed by atoms with Crippen molar-refractivity contribution in [1.82, 2.24) is 5.16 Å². The summed E-state index contributed by atoms with van der Waals surface area (Å²) in [7, 11) is 0. The Kier molecular flexibility index (Phi) is 4.50.